The van der Waals surface area contributed by atoms with Gasteiger partial charge >= 0.3 is 0 Å². The van der Waals surface area contributed by atoms with E-state index < -0.39 is 11.6 Å². The number of rotatable bonds is 6. The van der Waals surface area contributed by atoms with Crippen molar-refractivity contribution in [1.82, 2.24) is 4.98 Å². The number of halogens is 3. The number of nitrogens with zero attached hydrogens (tertiary/aromatic N) is 1. The summed E-state index contributed by atoms with van der Waals surface area (Å²) in [5.41, 5.74) is 3.03. The van der Waals surface area contributed by atoms with E-state index in [0.717, 1.165) is 35.7 Å². The van der Waals surface area contributed by atoms with E-state index in [1.165, 1.54) is 29.8 Å². The summed E-state index contributed by atoms with van der Waals surface area (Å²) in [5.74, 6) is 3.75. The molecule has 0 atom stereocenters. The quantitative estimate of drug-likeness (QED) is 0.288. The molecule has 4 heteroatoms. The van der Waals surface area contributed by atoms with E-state index in [2.05, 4.69) is 29.8 Å². The van der Waals surface area contributed by atoms with Crippen molar-refractivity contribution in [3.8, 4) is 11.8 Å². The molecule has 166 valence electrons. The Labute approximate surface area is 192 Å². The zero-order valence-corrected chi connectivity index (χ0v) is 18.5. The number of aromatic nitrogens is 1. The number of hydrogen-bond donors (Lipinski definition) is 0. The van der Waals surface area contributed by atoms with E-state index in [0.29, 0.717) is 24.0 Å². The lowest BCUT2D eigenvalue weighted by molar-refractivity contribution is 0.573. The first kappa shape index (κ1) is 22.6. The molecule has 4 rings (SSSR count). The predicted octanol–water partition coefficient (Wildman–Crippen LogP) is 7.18. The molecule has 1 heterocycles. The van der Waals surface area contributed by atoms with Crippen LogP contribution in [0.25, 0.3) is 10.8 Å². The van der Waals surface area contributed by atoms with Crippen molar-refractivity contribution >= 4 is 10.8 Å². The number of aryl methyl sites for hydroxylation is 3. The van der Waals surface area contributed by atoms with Crippen molar-refractivity contribution in [2.24, 2.45) is 0 Å². The highest BCUT2D eigenvalue weighted by atomic mass is 19.1. The summed E-state index contributed by atoms with van der Waals surface area (Å²) >= 11 is 0. The predicted molar refractivity (Wildman–Crippen MR) is 127 cm³/mol. The van der Waals surface area contributed by atoms with E-state index in [9.17, 15) is 13.2 Å². The highest BCUT2D eigenvalue weighted by Crippen LogP contribution is 2.19. The van der Waals surface area contributed by atoms with Gasteiger partial charge in [-0.15, -0.1) is 0 Å². The SMILES string of the molecule is CCCCc1ccc(CCc2cc(F)c(C#Cc3ccc4cc(F)ccc4c3)c(F)c2)nc1. The summed E-state index contributed by atoms with van der Waals surface area (Å²) in [5, 5.41) is 1.55. The molecule has 33 heavy (non-hydrogen) atoms. The summed E-state index contributed by atoms with van der Waals surface area (Å²) in [4.78, 5) is 4.47. The molecular weight excluding hydrogens is 419 g/mol. The number of unbranched alkanes of at least 4 members (excludes halogenated alkanes) is 1. The first-order valence-corrected chi connectivity index (χ1v) is 11.1. The van der Waals surface area contributed by atoms with Crippen LogP contribution in [-0.2, 0) is 19.3 Å². The van der Waals surface area contributed by atoms with Crippen molar-refractivity contribution in [2.75, 3.05) is 0 Å². The zero-order chi connectivity index (χ0) is 23.2. The molecule has 0 saturated heterocycles. The van der Waals surface area contributed by atoms with Crippen molar-refractivity contribution in [3.05, 3.63) is 112 Å². The Bertz CT molecular complexity index is 1310. The molecule has 0 radical (unpaired) electrons. The average molecular weight is 444 g/mol. The third-order valence-corrected chi connectivity index (χ3v) is 5.61. The zero-order valence-electron chi connectivity index (χ0n) is 18.5. The Morgan fingerprint density at radius 1 is 0.727 bits per heavy atom. The van der Waals surface area contributed by atoms with Gasteiger partial charge in [0.25, 0.3) is 0 Å². The molecule has 0 unspecified atom stereocenters. The Kier molecular flexibility index (Phi) is 7.10. The first-order chi connectivity index (χ1) is 16.0. The number of hydrogen-bond acceptors (Lipinski definition) is 1. The summed E-state index contributed by atoms with van der Waals surface area (Å²) in [7, 11) is 0. The van der Waals surface area contributed by atoms with Crippen LogP contribution in [0.15, 0.2) is 66.9 Å². The topological polar surface area (TPSA) is 12.9 Å². The van der Waals surface area contributed by atoms with Gasteiger partial charge in [-0.3, -0.25) is 4.98 Å². The Balaban J connectivity index is 1.46. The third-order valence-electron chi connectivity index (χ3n) is 5.61. The normalized spacial score (nSPS) is 10.8. The van der Waals surface area contributed by atoms with Crippen molar-refractivity contribution in [3.63, 3.8) is 0 Å². The molecule has 0 bridgehead atoms. The molecular formula is C29H24F3N. The van der Waals surface area contributed by atoms with Gasteiger partial charge in [0.15, 0.2) is 0 Å². The van der Waals surface area contributed by atoms with Crippen LogP contribution in [0.3, 0.4) is 0 Å². The molecule has 3 aromatic carbocycles. The summed E-state index contributed by atoms with van der Waals surface area (Å²) in [6.07, 6.45) is 6.27. The van der Waals surface area contributed by atoms with E-state index in [1.807, 2.05) is 12.3 Å². The smallest absolute Gasteiger partial charge is 0.142 e. The minimum Gasteiger partial charge on any atom is -0.261 e. The molecule has 0 fully saturated rings. The second-order valence-corrected chi connectivity index (χ2v) is 8.15. The largest absolute Gasteiger partial charge is 0.261 e. The number of fused-ring (bicyclic) bond motifs is 1. The van der Waals surface area contributed by atoms with Gasteiger partial charge in [-0.1, -0.05) is 43.4 Å². The van der Waals surface area contributed by atoms with Crippen LogP contribution in [0.5, 0.6) is 0 Å². The van der Waals surface area contributed by atoms with E-state index >= 15 is 0 Å². The molecule has 0 saturated carbocycles. The summed E-state index contributed by atoms with van der Waals surface area (Å²) < 4.78 is 42.5. The molecule has 1 aromatic heterocycles. The average Bonchev–Trinajstić information content (AvgIpc) is 2.81. The molecule has 0 N–H and O–H groups in total. The molecule has 4 aromatic rings. The van der Waals surface area contributed by atoms with Gasteiger partial charge in [0.2, 0.25) is 0 Å². The lowest BCUT2D eigenvalue weighted by atomic mass is 10.0. The Morgan fingerprint density at radius 3 is 2.21 bits per heavy atom. The standard InChI is InChI=1S/C29H24F3N/c1-2-3-4-21-6-12-26(33-19-21)13-7-22-16-28(31)27(29(32)17-22)14-8-20-5-9-24-18-25(30)11-10-23(24)15-20/h5-6,9-12,15-19H,2-4,7,13H2,1H3. The van der Waals surface area contributed by atoms with E-state index in [1.54, 1.807) is 24.3 Å². The van der Waals surface area contributed by atoms with Crippen molar-refractivity contribution < 1.29 is 13.2 Å². The Morgan fingerprint density at radius 2 is 1.48 bits per heavy atom. The van der Waals surface area contributed by atoms with Crippen LogP contribution < -0.4 is 0 Å². The van der Waals surface area contributed by atoms with Crippen LogP contribution in [0.2, 0.25) is 0 Å². The maximum Gasteiger partial charge on any atom is 0.142 e. The second-order valence-electron chi connectivity index (χ2n) is 8.15. The molecule has 1 nitrogen and oxygen atoms in total. The van der Waals surface area contributed by atoms with Gasteiger partial charge < -0.3 is 0 Å². The van der Waals surface area contributed by atoms with Crippen LogP contribution in [0.1, 0.15) is 47.7 Å². The van der Waals surface area contributed by atoms with E-state index in [4.69, 9.17) is 0 Å². The van der Waals surface area contributed by atoms with Crippen molar-refractivity contribution in [2.45, 2.75) is 39.0 Å². The van der Waals surface area contributed by atoms with Gasteiger partial charge in [-0.2, -0.15) is 0 Å². The van der Waals surface area contributed by atoms with Crippen LogP contribution >= 0.6 is 0 Å². The van der Waals surface area contributed by atoms with Gasteiger partial charge in [-0.25, -0.2) is 13.2 Å². The molecule has 0 aliphatic heterocycles. The molecule has 0 spiro atoms. The molecule has 0 aliphatic rings. The van der Waals surface area contributed by atoms with Crippen LogP contribution in [-0.4, -0.2) is 4.98 Å². The number of benzene rings is 3. The lowest BCUT2D eigenvalue weighted by Crippen LogP contribution is -1.99. The molecule has 0 aliphatic carbocycles. The Hall–Kier alpha value is -3.58. The molecule has 0 amide bonds. The summed E-state index contributed by atoms with van der Waals surface area (Å²) in [6, 6.07) is 16.4. The highest BCUT2D eigenvalue weighted by molar-refractivity contribution is 5.84. The van der Waals surface area contributed by atoms with Gasteiger partial charge in [0, 0.05) is 17.5 Å². The van der Waals surface area contributed by atoms with Gasteiger partial charge in [-0.05, 0) is 90.0 Å². The minimum absolute atomic E-state index is 0.253. The fraction of sp³-hybridized carbons (Fsp3) is 0.207. The lowest BCUT2D eigenvalue weighted by Gasteiger charge is -2.06. The fourth-order valence-electron chi connectivity index (χ4n) is 3.72. The van der Waals surface area contributed by atoms with Gasteiger partial charge in [0.05, 0.1) is 5.56 Å². The van der Waals surface area contributed by atoms with Crippen LogP contribution in [0, 0.1) is 29.3 Å². The first-order valence-electron chi connectivity index (χ1n) is 11.1. The van der Waals surface area contributed by atoms with Crippen LogP contribution in [0.4, 0.5) is 13.2 Å². The highest BCUT2D eigenvalue weighted by Gasteiger charge is 2.10. The maximum atomic E-state index is 14.6. The second kappa shape index (κ2) is 10.4. The monoisotopic (exact) mass is 443 g/mol. The van der Waals surface area contributed by atoms with Gasteiger partial charge in [0.1, 0.15) is 17.5 Å². The fourth-order valence-corrected chi connectivity index (χ4v) is 3.72. The number of pyridine rings is 1. The van der Waals surface area contributed by atoms with Crippen molar-refractivity contribution in [1.29, 1.82) is 0 Å². The van der Waals surface area contributed by atoms with E-state index in [-0.39, 0.29) is 11.4 Å². The summed E-state index contributed by atoms with van der Waals surface area (Å²) in [6.45, 7) is 2.16. The minimum atomic E-state index is -0.678. The maximum absolute atomic E-state index is 14.6. The third kappa shape index (κ3) is 5.81.